The van der Waals surface area contributed by atoms with Crippen LogP contribution in [0.15, 0.2) is 41.6 Å². The number of anilines is 1. The summed E-state index contributed by atoms with van der Waals surface area (Å²) >= 11 is 0. The first kappa shape index (κ1) is 19.2. The quantitative estimate of drug-likeness (QED) is 0.873. The van der Waals surface area contributed by atoms with E-state index < -0.39 is 10.0 Å². The maximum atomic E-state index is 12.7. The molecule has 1 aliphatic rings. The van der Waals surface area contributed by atoms with Crippen molar-refractivity contribution in [1.29, 1.82) is 0 Å². The van der Waals surface area contributed by atoms with E-state index in [4.69, 9.17) is 4.74 Å². The molecule has 1 aromatic carbocycles. The second-order valence-electron chi connectivity index (χ2n) is 5.78. The van der Waals surface area contributed by atoms with Crippen molar-refractivity contribution in [2.45, 2.75) is 30.6 Å². The van der Waals surface area contributed by atoms with Gasteiger partial charge < -0.3 is 10.1 Å². The molecule has 0 saturated carbocycles. The largest absolute Gasteiger partial charge is 0.496 e. The summed E-state index contributed by atoms with van der Waals surface area (Å²) in [6, 6.07) is 6.74. The highest BCUT2D eigenvalue weighted by Gasteiger charge is 2.25. The predicted octanol–water partition coefficient (Wildman–Crippen LogP) is 2.61. The van der Waals surface area contributed by atoms with Gasteiger partial charge in [-0.05, 0) is 75.2 Å². The molecule has 0 amide bonds. The fourth-order valence-corrected chi connectivity index (χ4v) is 4.22. The van der Waals surface area contributed by atoms with Crippen molar-refractivity contribution < 1.29 is 13.2 Å². The van der Waals surface area contributed by atoms with Gasteiger partial charge in [-0.1, -0.05) is 0 Å². The number of aromatic nitrogens is 1. The van der Waals surface area contributed by atoms with Crippen LogP contribution < -0.4 is 14.8 Å². The number of nitrogens with zero attached hydrogens (tertiary/aromatic N) is 1. The standard InChI is InChI=1S/C16H18N2O3S.C2H7N/c1-21-15-8-9-16(14-7-3-2-6-13(14)15)22(19,20)18-12-5-4-10-17-11-12;1-3-2/h4-5,8-11,18H,2-3,6-7H2,1H3;3H,1-2H3. The third-order valence-corrected chi connectivity index (χ3v) is 5.34. The van der Waals surface area contributed by atoms with E-state index >= 15 is 0 Å². The lowest BCUT2D eigenvalue weighted by Gasteiger charge is -2.22. The van der Waals surface area contributed by atoms with Gasteiger partial charge in [0.25, 0.3) is 10.0 Å². The number of hydrogen-bond acceptors (Lipinski definition) is 5. The summed E-state index contributed by atoms with van der Waals surface area (Å²) in [6.45, 7) is 0. The van der Waals surface area contributed by atoms with Crippen molar-refractivity contribution in [3.8, 4) is 5.75 Å². The summed E-state index contributed by atoms with van der Waals surface area (Å²) in [6.07, 6.45) is 6.77. The summed E-state index contributed by atoms with van der Waals surface area (Å²) in [5.74, 6) is 0.773. The Morgan fingerprint density at radius 1 is 1.08 bits per heavy atom. The van der Waals surface area contributed by atoms with Crippen LogP contribution in [-0.4, -0.2) is 34.6 Å². The van der Waals surface area contributed by atoms with E-state index in [9.17, 15) is 8.42 Å². The van der Waals surface area contributed by atoms with E-state index in [1.54, 1.807) is 37.6 Å². The number of methoxy groups -OCH3 is 1. The molecule has 0 spiro atoms. The topological polar surface area (TPSA) is 80.3 Å². The molecule has 0 unspecified atom stereocenters. The lowest BCUT2D eigenvalue weighted by Crippen LogP contribution is -2.18. The molecule has 25 heavy (non-hydrogen) atoms. The van der Waals surface area contributed by atoms with Crippen LogP contribution in [0.1, 0.15) is 24.0 Å². The number of hydrogen-bond donors (Lipinski definition) is 2. The number of benzene rings is 1. The molecule has 0 fully saturated rings. The van der Waals surface area contributed by atoms with E-state index in [1.807, 2.05) is 14.1 Å². The van der Waals surface area contributed by atoms with Crippen molar-refractivity contribution in [3.05, 3.63) is 47.8 Å². The highest BCUT2D eigenvalue weighted by molar-refractivity contribution is 7.92. The molecule has 2 aromatic rings. The Labute approximate surface area is 149 Å². The van der Waals surface area contributed by atoms with Crippen molar-refractivity contribution in [2.24, 2.45) is 0 Å². The number of rotatable bonds is 4. The SMILES string of the molecule is CNC.COc1ccc(S(=O)(=O)Nc2cccnc2)c2c1CCCC2. The van der Waals surface area contributed by atoms with E-state index in [2.05, 4.69) is 15.0 Å². The van der Waals surface area contributed by atoms with Gasteiger partial charge in [-0.3, -0.25) is 9.71 Å². The van der Waals surface area contributed by atoms with Gasteiger partial charge in [0.05, 0.1) is 23.9 Å². The molecule has 0 radical (unpaired) electrons. The maximum absolute atomic E-state index is 12.7. The van der Waals surface area contributed by atoms with Crippen LogP contribution in [0.3, 0.4) is 0 Å². The van der Waals surface area contributed by atoms with Gasteiger partial charge in [0.15, 0.2) is 0 Å². The van der Waals surface area contributed by atoms with Crippen LogP contribution in [0, 0.1) is 0 Å². The van der Waals surface area contributed by atoms with Gasteiger partial charge in [0.2, 0.25) is 0 Å². The van der Waals surface area contributed by atoms with Gasteiger partial charge in [-0.2, -0.15) is 0 Å². The first-order valence-electron chi connectivity index (χ1n) is 8.23. The van der Waals surface area contributed by atoms with Gasteiger partial charge in [0, 0.05) is 6.20 Å². The lowest BCUT2D eigenvalue weighted by molar-refractivity contribution is 0.405. The summed E-state index contributed by atoms with van der Waals surface area (Å²) in [4.78, 5) is 4.27. The predicted molar refractivity (Wildman–Crippen MR) is 99.7 cm³/mol. The highest BCUT2D eigenvalue weighted by Crippen LogP contribution is 2.34. The van der Waals surface area contributed by atoms with Crippen LogP contribution in [0.25, 0.3) is 0 Å². The molecule has 1 aromatic heterocycles. The van der Waals surface area contributed by atoms with E-state index in [0.717, 1.165) is 42.6 Å². The smallest absolute Gasteiger partial charge is 0.262 e. The van der Waals surface area contributed by atoms with Crippen LogP contribution in [0.2, 0.25) is 0 Å². The number of sulfonamides is 1. The normalized spacial score (nSPS) is 13.2. The Hall–Kier alpha value is -2.12. The van der Waals surface area contributed by atoms with Gasteiger partial charge in [-0.15, -0.1) is 0 Å². The van der Waals surface area contributed by atoms with Crippen molar-refractivity contribution >= 4 is 15.7 Å². The van der Waals surface area contributed by atoms with Crippen molar-refractivity contribution in [3.63, 3.8) is 0 Å². The molecule has 1 aliphatic carbocycles. The molecule has 3 rings (SSSR count). The average Bonchev–Trinajstić information content (AvgIpc) is 2.62. The second kappa shape index (κ2) is 8.82. The molecular formula is C18H25N3O3S. The Kier molecular flexibility index (Phi) is 6.78. The molecule has 0 bridgehead atoms. The first-order valence-corrected chi connectivity index (χ1v) is 9.72. The molecule has 7 heteroatoms. The molecule has 0 saturated heterocycles. The number of nitrogens with one attached hydrogen (secondary N) is 2. The van der Waals surface area contributed by atoms with Gasteiger partial charge in [-0.25, -0.2) is 8.42 Å². The van der Waals surface area contributed by atoms with Crippen LogP contribution in [0.5, 0.6) is 5.75 Å². The zero-order valence-corrected chi connectivity index (χ0v) is 15.7. The van der Waals surface area contributed by atoms with Crippen LogP contribution in [-0.2, 0) is 22.9 Å². The summed E-state index contributed by atoms with van der Waals surface area (Å²) in [5, 5.41) is 2.75. The Bertz CT molecular complexity index is 793. The van der Waals surface area contributed by atoms with Crippen LogP contribution in [0.4, 0.5) is 5.69 Å². The molecule has 0 aliphatic heterocycles. The summed E-state index contributed by atoms with van der Waals surface area (Å²) < 4.78 is 33.4. The fraction of sp³-hybridized carbons (Fsp3) is 0.389. The van der Waals surface area contributed by atoms with E-state index in [-0.39, 0.29) is 0 Å². The second-order valence-corrected chi connectivity index (χ2v) is 7.43. The first-order chi connectivity index (χ1) is 12.0. The third kappa shape index (κ3) is 4.70. The van der Waals surface area contributed by atoms with E-state index in [0.29, 0.717) is 10.6 Å². The molecule has 136 valence electrons. The Morgan fingerprint density at radius 2 is 1.76 bits per heavy atom. The average molecular weight is 363 g/mol. The summed E-state index contributed by atoms with van der Waals surface area (Å²) in [5.41, 5.74) is 2.35. The van der Waals surface area contributed by atoms with E-state index in [1.165, 1.54) is 6.20 Å². The van der Waals surface area contributed by atoms with Crippen molar-refractivity contribution in [2.75, 3.05) is 25.9 Å². The van der Waals surface area contributed by atoms with Crippen LogP contribution >= 0.6 is 0 Å². The van der Waals surface area contributed by atoms with Gasteiger partial charge in [0.1, 0.15) is 5.75 Å². The minimum atomic E-state index is -3.63. The number of pyridine rings is 1. The molecule has 1 heterocycles. The zero-order chi connectivity index (χ0) is 18.3. The Morgan fingerprint density at radius 3 is 2.36 bits per heavy atom. The Balaban J connectivity index is 0.000000701. The zero-order valence-electron chi connectivity index (χ0n) is 14.9. The number of fused-ring (bicyclic) bond motifs is 1. The molecule has 0 atom stereocenters. The molecular weight excluding hydrogens is 338 g/mol. The molecule has 2 N–H and O–H groups in total. The minimum Gasteiger partial charge on any atom is -0.496 e. The third-order valence-electron chi connectivity index (χ3n) is 3.87. The summed E-state index contributed by atoms with van der Waals surface area (Å²) in [7, 11) is 1.74. The highest BCUT2D eigenvalue weighted by atomic mass is 32.2. The molecule has 6 nitrogen and oxygen atoms in total. The van der Waals surface area contributed by atoms with Crippen molar-refractivity contribution in [1.82, 2.24) is 10.3 Å². The fourth-order valence-electron chi connectivity index (χ4n) is 2.88. The maximum Gasteiger partial charge on any atom is 0.262 e. The lowest BCUT2D eigenvalue weighted by atomic mass is 9.91. The monoisotopic (exact) mass is 363 g/mol. The van der Waals surface area contributed by atoms with Gasteiger partial charge >= 0.3 is 0 Å². The number of ether oxygens (including phenoxy) is 1. The minimum absolute atomic E-state index is 0.340.